The maximum atomic E-state index is 5.77. The van der Waals surface area contributed by atoms with Crippen LogP contribution in [0, 0.1) is 5.92 Å². The zero-order valence-corrected chi connectivity index (χ0v) is 9.10. The van der Waals surface area contributed by atoms with Crippen LogP contribution in [0.2, 0.25) is 0 Å². The Morgan fingerprint density at radius 3 is 2.30 bits per heavy atom. The topological polar surface area (TPSA) is 26.0 Å². The van der Waals surface area contributed by atoms with E-state index in [1.165, 1.54) is 25.7 Å². The first-order valence-electron chi connectivity index (χ1n) is 4.12. The molecule has 0 amide bonds. The third-order valence-corrected chi connectivity index (χ3v) is 2.92. The van der Waals surface area contributed by atoms with Crippen molar-refractivity contribution < 1.29 is 0 Å². The van der Waals surface area contributed by atoms with E-state index in [9.17, 15) is 0 Å². The second-order valence-corrected chi connectivity index (χ2v) is 4.19. The van der Waals surface area contributed by atoms with E-state index in [-0.39, 0.29) is 0 Å². The van der Waals surface area contributed by atoms with Gasteiger partial charge < -0.3 is 5.73 Å². The summed E-state index contributed by atoms with van der Waals surface area (Å²) in [4.78, 5) is 0. The summed E-state index contributed by atoms with van der Waals surface area (Å²) in [5.41, 5.74) is 5.77. The predicted molar refractivity (Wildman–Crippen MR) is 55.3 cm³/mol. The lowest BCUT2D eigenvalue weighted by atomic mass is 10.00. The fourth-order valence-corrected chi connectivity index (χ4v) is 1.92. The third kappa shape index (κ3) is 4.50. The van der Waals surface area contributed by atoms with Gasteiger partial charge in [-0.2, -0.15) is 0 Å². The number of alkyl halides is 1. The Morgan fingerprint density at radius 2 is 2.00 bits per heavy atom. The molecule has 0 aliphatic rings. The summed E-state index contributed by atoms with van der Waals surface area (Å²) in [7, 11) is 0. The Labute approximate surface area is 77.9 Å². The van der Waals surface area contributed by atoms with Crippen LogP contribution >= 0.6 is 22.6 Å². The lowest BCUT2D eigenvalue weighted by Gasteiger charge is -2.16. The van der Waals surface area contributed by atoms with Crippen LogP contribution in [0.3, 0.4) is 0 Å². The Morgan fingerprint density at radius 1 is 1.40 bits per heavy atom. The van der Waals surface area contributed by atoms with Gasteiger partial charge in [0.1, 0.15) is 0 Å². The van der Waals surface area contributed by atoms with E-state index < -0.39 is 0 Å². The SMILES string of the molecule is CCCCC(CC)C(N)I. The zero-order valence-electron chi connectivity index (χ0n) is 6.94. The average Bonchev–Trinajstić information content (AvgIpc) is 1.89. The van der Waals surface area contributed by atoms with Gasteiger partial charge in [-0.15, -0.1) is 0 Å². The van der Waals surface area contributed by atoms with E-state index in [0.29, 0.717) is 4.05 Å². The van der Waals surface area contributed by atoms with Gasteiger partial charge in [-0.05, 0) is 12.3 Å². The fraction of sp³-hybridized carbons (Fsp3) is 1.00. The molecule has 0 spiro atoms. The molecular formula is C8H18IN. The van der Waals surface area contributed by atoms with Crippen molar-refractivity contribution in [2.45, 2.75) is 43.6 Å². The number of rotatable bonds is 5. The molecule has 10 heavy (non-hydrogen) atoms. The molecule has 2 atom stereocenters. The summed E-state index contributed by atoms with van der Waals surface area (Å²) < 4.78 is 0.356. The standard InChI is InChI=1S/C8H18IN/c1-3-5-6-7(4-2)8(9)10/h7-8H,3-6,10H2,1-2H3. The average molecular weight is 255 g/mol. The van der Waals surface area contributed by atoms with Crippen molar-refractivity contribution >= 4 is 22.6 Å². The van der Waals surface area contributed by atoms with Gasteiger partial charge in [-0.25, -0.2) is 0 Å². The predicted octanol–water partition coefficient (Wildman–Crippen LogP) is 2.92. The van der Waals surface area contributed by atoms with E-state index >= 15 is 0 Å². The Bertz CT molecular complexity index is 73.7. The smallest absolute Gasteiger partial charge is 0.0597 e. The highest BCUT2D eigenvalue weighted by Crippen LogP contribution is 2.18. The van der Waals surface area contributed by atoms with Crippen LogP contribution in [0.1, 0.15) is 39.5 Å². The minimum absolute atomic E-state index is 0.356. The molecular weight excluding hydrogens is 237 g/mol. The number of halogens is 1. The molecule has 0 aliphatic heterocycles. The Kier molecular flexibility index (Phi) is 6.85. The van der Waals surface area contributed by atoms with Crippen LogP contribution < -0.4 is 5.73 Å². The molecule has 0 heterocycles. The Balaban J connectivity index is 3.40. The van der Waals surface area contributed by atoms with Crippen LogP contribution in [-0.4, -0.2) is 4.05 Å². The van der Waals surface area contributed by atoms with E-state index in [0.717, 1.165) is 5.92 Å². The van der Waals surface area contributed by atoms with Gasteiger partial charge in [0, 0.05) is 0 Å². The first-order valence-corrected chi connectivity index (χ1v) is 5.36. The summed E-state index contributed by atoms with van der Waals surface area (Å²) in [5, 5.41) is 0. The van der Waals surface area contributed by atoms with E-state index in [4.69, 9.17) is 5.73 Å². The van der Waals surface area contributed by atoms with Crippen LogP contribution in [0.15, 0.2) is 0 Å². The van der Waals surface area contributed by atoms with Gasteiger partial charge in [-0.3, -0.25) is 0 Å². The first kappa shape index (κ1) is 10.7. The summed E-state index contributed by atoms with van der Waals surface area (Å²) in [6, 6.07) is 0. The van der Waals surface area contributed by atoms with Gasteiger partial charge in [0.2, 0.25) is 0 Å². The third-order valence-electron chi connectivity index (χ3n) is 1.90. The summed E-state index contributed by atoms with van der Waals surface area (Å²) >= 11 is 2.32. The number of nitrogens with two attached hydrogens (primary N) is 1. The molecule has 62 valence electrons. The zero-order chi connectivity index (χ0) is 7.98. The molecule has 0 rings (SSSR count). The molecule has 2 heteroatoms. The molecule has 1 nitrogen and oxygen atoms in total. The van der Waals surface area contributed by atoms with Crippen molar-refractivity contribution in [2.24, 2.45) is 11.7 Å². The molecule has 0 aromatic carbocycles. The molecule has 0 aromatic rings. The lowest BCUT2D eigenvalue weighted by molar-refractivity contribution is 0.450. The van der Waals surface area contributed by atoms with E-state index in [1.54, 1.807) is 0 Å². The first-order chi connectivity index (χ1) is 4.72. The second kappa shape index (κ2) is 6.40. The normalized spacial score (nSPS) is 16.8. The lowest BCUT2D eigenvalue weighted by Crippen LogP contribution is -2.22. The molecule has 0 fully saturated rings. The maximum absolute atomic E-state index is 5.77. The maximum Gasteiger partial charge on any atom is 0.0597 e. The second-order valence-electron chi connectivity index (χ2n) is 2.75. The van der Waals surface area contributed by atoms with Crippen LogP contribution in [0.5, 0.6) is 0 Å². The molecule has 2 N–H and O–H groups in total. The highest BCUT2D eigenvalue weighted by Gasteiger charge is 2.10. The molecule has 2 unspecified atom stereocenters. The highest BCUT2D eigenvalue weighted by molar-refractivity contribution is 14.1. The van der Waals surface area contributed by atoms with Crippen molar-refractivity contribution in [3.8, 4) is 0 Å². The van der Waals surface area contributed by atoms with E-state index in [2.05, 4.69) is 36.4 Å². The monoisotopic (exact) mass is 255 g/mol. The molecule has 0 saturated carbocycles. The number of hydrogen-bond donors (Lipinski definition) is 1. The van der Waals surface area contributed by atoms with Gasteiger partial charge in [-0.1, -0.05) is 55.7 Å². The minimum atomic E-state index is 0.356. The minimum Gasteiger partial charge on any atom is -0.319 e. The molecule has 0 bridgehead atoms. The summed E-state index contributed by atoms with van der Waals surface area (Å²) in [6.07, 6.45) is 5.15. The van der Waals surface area contributed by atoms with Gasteiger partial charge >= 0.3 is 0 Å². The number of unbranched alkanes of at least 4 members (excludes halogenated alkanes) is 1. The number of hydrogen-bond acceptors (Lipinski definition) is 1. The van der Waals surface area contributed by atoms with Gasteiger partial charge in [0.25, 0.3) is 0 Å². The fourth-order valence-electron chi connectivity index (χ4n) is 1.05. The van der Waals surface area contributed by atoms with Gasteiger partial charge in [0.15, 0.2) is 0 Å². The highest BCUT2D eigenvalue weighted by atomic mass is 127. The molecule has 0 aromatic heterocycles. The van der Waals surface area contributed by atoms with Crippen molar-refractivity contribution in [3.63, 3.8) is 0 Å². The largest absolute Gasteiger partial charge is 0.319 e. The van der Waals surface area contributed by atoms with Crippen molar-refractivity contribution in [3.05, 3.63) is 0 Å². The van der Waals surface area contributed by atoms with Crippen molar-refractivity contribution in [1.82, 2.24) is 0 Å². The van der Waals surface area contributed by atoms with Crippen molar-refractivity contribution in [1.29, 1.82) is 0 Å². The molecule has 0 radical (unpaired) electrons. The molecule has 0 saturated heterocycles. The quantitative estimate of drug-likeness (QED) is 0.456. The van der Waals surface area contributed by atoms with Crippen LogP contribution in [0.25, 0.3) is 0 Å². The molecule has 0 aliphatic carbocycles. The Hall–Kier alpha value is 0.690. The van der Waals surface area contributed by atoms with E-state index in [1.807, 2.05) is 0 Å². The van der Waals surface area contributed by atoms with Crippen LogP contribution in [0.4, 0.5) is 0 Å². The van der Waals surface area contributed by atoms with Gasteiger partial charge in [0.05, 0.1) is 4.05 Å². The summed E-state index contributed by atoms with van der Waals surface area (Å²) in [6.45, 7) is 4.45. The van der Waals surface area contributed by atoms with Crippen LogP contribution in [-0.2, 0) is 0 Å². The van der Waals surface area contributed by atoms with Crippen molar-refractivity contribution in [2.75, 3.05) is 0 Å². The summed E-state index contributed by atoms with van der Waals surface area (Å²) in [5.74, 6) is 0.737.